The van der Waals surface area contributed by atoms with E-state index in [4.69, 9.17) is 0 Å². The average Bonchev–Trinajstić information content (AvgIpc) is 2.11. The van der Waals surface area contributed by atoms with Gasteiger partial charge in [0.05, 0.1) is 13.6 Å². The lowest BCUT2D eigenvalue weighted by Crippen LogP contribution is -2.79. The Balaban J connectivity index is 2.59. The normalized spacial score (nSPS) is 10.3. The van der Waals surface area contributed by atoms with E-state index >= 15 is 0 Å². The summed E-state index contributed by atoms with van der Waals surface area (Å²) in [6.07, 6.45) is 2.09. The summed E-state index contributed by atoms with van der Waals surface area (Å²) in [4.78, 5) is 0. The minimum Gasteiger partial charge on any atom is -0.508 e. The molecule has 0 saturated carbocycles. The molecular formula is C11H18NO+. The van der Waals surface area contributed by atoms with E-state index in [9.17, 15) is 5.11 Å². The number of phenolic OH excluding ortho intramolecular Hbond substituents is 1. The number of aryl methyl sites for hydroxylation is 2. The lowest BCUT2D eigenvalue weighted by atomic mass is 10.1. The number of hydrogen-bond acceptors (Lipinski definition) is 1. The number of quaternary nitrogens is 1. The van der Waals surface area contributed by atoms with Crippen molar-refractivity contribution in [2.45, 2.75) is 19.8 Å². The van der Waals surface area contributed by atoms with Crippen LogP contribution in [0.25, 0.3) is 0 Å². The molecule has 0 aliphatic heterocycles. The highest BCUT2D eigenvalue weighted by atomic mass is 16.3. The van der Waals surface area contributed by atoms with Crippen LogP contribution in [-0.4, -0.2) is 18.7 Å². The van der Waals surface area contributed by atoms with Gasteiger partial charge in [0.15, 0.2) is 0 Å². The summed E-state index contributed by atoms with van der Waals surface area (Å²) in [6.45, 7) is 3.17. The Bertz CT molecular complexity index is 271. The van der Waals surface area contributed by atoms with Crippen molar-refractivity contribution in [2.24, 2.45) is 0 Å². The fourth-order valence-corrected chi connectivity index (χ4v) is 1.41. The molecule has 0 radical (unpaired) electrons. The molecule has 0 aliphatic carbocycles. The Morgan fingerprint density at radius 3 is 2.85 bits per heavy atom. The number of aromatic hydroxyl groups is 1. The van der Waals surface area contributed by atoms with Crippen molar-refractivity contribution in [3.8, 4) is 5.75 Å². The third-order valence-corrected chi connectivity index (χ3v) is 2.17. The second-order valence-electron chi connectivity index (χ2n) is 3.43. The molecule has 0 fully saturated rings. The molecule has 0 atom stereocenters. The van der Waals surface area contributed by atoms with Crippen LogP contribution >= 0.6 is 0 Å². The van der Waals surface area contributed by atoms with Crippen LogP contribution in [0, 0.1) is 6.92 Å². The summed E-state index contributed by atoms with van der Waals surface area (Å²) in [7, 11) is 2.07. The zero-order valence-electron chi connectivity index (χ0n) is 8.38. The Labute approximate surface area is 79.6 Å². The molecule has 2 nitrogen and oxygen atoms in total. The SMILES string of the molecule is C[NH2+]CCCc1cc(C)ccc1O. The predicted molar refractivity (Wildman–Crippen MR) is 53.9 cm³/mol. The number of rotatable bonds is 4. The van der Waals surface area contributed by atoms with E-state index in [1.54, 1.807) is 6.07 Å². The molecule has 3 N–H and O–H groups in total. The maximum Gasteiger partial charge on any atom is 0.118 e. The highest BCUT2D eigenvalue weighted by Crippen LogP contribution is 2.19. The Hall–Kier alpha value is -1.02. The maximum atomic E-state index is 9.52. The van der Waals surface area contributed by atoms with Crippen LogP contribution in [0.4, 0.5) is 0 Å². The summed E-state index contributed by atoms with van der Waals surface area (Å²) in [5, 5.41) is 11.7. The first-order valence-corrected chi connectivity index (χ1v) is 4.80. The van der Waals surface area contributed by atoms with Crippen molar-refractivity contribution in [3.63, 3.8) is 0 Å². The second kappa shape index (κ2) is 4.87. The molecule has 0 aromatic heterocycles. The highest BCUT2D eigenvalue weighted by molar-refractivity contribution is 5.35. The first-order valence-electron chi connectivity index (χ1n) is 4.80. The first kappa shape index (κ1) is 10.1. The van der Waals surface area contributed by atoms with Crippen LogP contribution in [0.5, 0.6) is 5.75 Å². The van der Waals surface area contributed by atoms with Crippen LogP contribution in [0.2, 0.25) is 0 Å². The number of benzene rings is 1. The fraction of sp³-hybridized carbons (Fsp3) is 0.455. The van der Waals surface area contributed by atoms with Gasteiger partial charge in [-0.15, -0.1) is 0 Å². The third-order valence-electron chi connectivity index (χ3n) is 2.17. The van der Waals surface area contributed by atoms with Gasteiger partial charge in [-0.25, -0.2) is 0 Å². The van der Waals surface area contributed by atoms with Gasteiger partial charge in [0.25, 0.3) is 0 Å². The zero-order chi connectivity index (χ0) is 9.68. The molecule has 0 saturated heterocycles. The van der Waals surface area contributed by atoms with E-state index in [-0.39, 0.29) is 0 Å². The quantitative estimate of drug-likeness (QED) is 0.661. The molecule has 1 aromatic carbocycles. The molecule has 0 spiro atoms. The van der Waals surface area contributed by atoms with Crippen molar-refractivity contribution in [1.29, 1.82) is 0 Å². The van der Waals surface area contributed by atoms with Crippen molar-refractivity contribution in [2.75, 3.05) is 13.6 Å². The minimum absolute atomic E-state index is 0.432. The molecule has 1 rings (SSSR count). The Kier molecular flexibility index (Phi) is 3.77. The van der Waals surface area contributed by atoms with Crippen LogP contribution in [0.3, 0.4) is 0 Å². The van der Waals surface area contributed by atoms with Gasteiger partial charge in [0, 0.05) is 6.42 Å². The molecule has 0 heterocycles. The van der Waals surface area contributed by atoms with Gasteiger partial charge in [-0.2, -0.15) is 0 Å². The van der Waals surface area contributed by atoms with Crippen molar-refractivity contribution in [3.05, 3.63) is 29.3 Å². The van der Waals surface area contributed by atoms with Crippen LogP contribution in [0.15, 0.2) is 18.2 Å². The minimum atomic E-state index is 0.432. The van der Waals surface area contributed by atoms with Crippen molar-refractivity contribution >= 4 is 0 Å². The molecule has 1 aromatic rings. The maximum absolute atomic E-state index is 9.52. The lowest BCUT2D eigenvalue weighted by molar-refractivity contribution is -0.627. The van der Waals surface area contributed by atoms with Crippen LogP contribution in [0.1, 0.15) is 17.5 Å². The lowest BCUT2D eigenvalue weighted by Gasteiger charge is -2.04. The van der Waals surface area contributed by atoms with Gasteiger partial charge >= 0.3 is 0 Å². The molecular weight excluding hydrogens is 162 g/mol. The molecule has 2 heteroatoms. The molecule has 0 amide bonds. The summed E-state index contributed by atoms with van der Waals surface area (Å²) < 4.78 is 0. The summed E-state index contributed by atoms with van der Waals surface area (Å²) in [5.74, 6) is 0.432. The van der Waals surface area contributed by atoms with E-state index in [1.807, 2.05) is 6.07 Å². The smallest absolute Gasteiger partial charge is 0.118 e. The predicted octanol–water partition coefficient (Wildman–Crippen LogP) is 0.826. The molecule has 0 bridgehead atoms. The zero-order valence-corrected chi connectivity index (χ0v) is 8.38. The number of hydrogen-bond donors (Lipinski definition) is 2. The van der Waals surface area contributed by atoms with E-state index in [1.165, 1.54) is 5.56 Å². The third kappa shape index (κ3) is 3.07. The number of nitrogens with two attached hydrogens (primary N) is 1. The molecule has 0 unspecified atom stereocenters. The van der Waals surface area contributed by atoms with Gasteiger partial charge in [-0.3, -0.25) is 0 Å². The largest absolute Gasteiger partial charge is 0.508 e. The first-order chi connectivity index (χ1) is 6.24. The topological polar surface area (TPSA) is 36.8 Å². The molecule has 72 valence electrons. The van der Waals surface area contributed by atoms with Crippen molar-refractivity contribution in [1.82, 2.24) is 0 Å². The molecule has 0 aliphatic rings. The summed E-state index contributed by atoms with van der Waals surface area (Å²) in [5.41, 5.74) is 2.29. The van der Waals surface area contributed by atoms with Gasteiger partial charge in [-0.1, -0.05) is 17.7 Å². The van der Waals surface area contributed by atoms with Crippen LogP contribution < -0.4 is 5.32 Å². The van der Waals surface area contributed by atoms with Gasteiger partial charge in [0.2, 0.25) is 0 Å². The molecule has 13 heavy (non-hydrogen) atoms. The Morgan fingerprint density at radius 2 is 2.15 bits per heavy atom. The van der Waals surface area contributed by atoms with Gasteiger partial charge in [0.1, 0.15) is 5.75 Å². The van der Waals surface area contributed by atoms with E-state index < -0.39 is 0 Å². The van der Waals surface area contributed by atoms with Gasteiger partial charge in [-0.05, 0) is 25.0 Å². The van der Waals surface area contributed by atoms with E-state index in [0.717, 1.165) is 24.9 Å². The monoisotopic (exact) mass is 180 g/mol. The second-order valence-corrected chi connectivity index (χ2v) is 3.43. The van der Waals surface area contributed by atoms with Crippen LogP contribution in [-0.2, 0) is 6.42 Å². The summed E-state index contributed by atoms with van der Waals surface area (Å²) >= 11 is 0. The van der Waals surface area contributed by atoms with E-state index in [0.29, 0.717) is 5.75 Å². The number of phenols is 1. The van der Waals surface area contributed by atoms with Gasteiger partial charge < -0.3 is 10.4 Å². The van der Waals surface area contributed by atoms with E-state index in [2.05, 4.69) is 25.4 Å². The standard InChI is InChI=1S/C11H17NO/c1-9-5-6-11(13)10(8-9)4-3-7-12-2/h5-6,8,12-13H,3-4,7H2,1-2H3/p+1. The fourth-order valence-electron chi connectivity index (χ4n) is 1.41. The average molecular weight is 180 g/mol. The summed E-state index contributed by atoms with van der Waals surface area (Å²) in [6, 6.07) is 5.77. The van der Waals surface area contributed by atoms with Crippen molar-refractivity contribution < 1.29 is 10.4 Å². The highest BCUT2D eigenvalue weighted by Gasteiger charge is 2.00. The Morgan fingerprint density at radius 1 is 1.38 bits per heavy atom.